The molecule has 1 N–H and O–H groups in total. The lowest BCUT2D eigenvalue weighted by atomic mass is 9.71. The molecule has 16 heavy (non-hydrogen) atoms. The number of likely N-dealkylation sites (tertiary alicyclic amines) is 1. The van der Waals surface area contributed by atoms with E-state index in [2.05, 4.69) is 17.9 Å². The average molecular weight is 222 g/mol. The summed E-state index contributed by atoms with van der Waals surface area (Å²) in [4.78, 5) is 2.27. The largest absolute Gasteiger partial charge is 0.390 e. The summed E-state index contributed by atoms with van der Waals surface area (Å²) in [6.45, 7) is 3.87. The Morgan fingerprint density at radius 1 is 1.50 bits per heavy atom. The molecule has 1 saturated heterocycles. The van der Waals surface area contributed by atoms with Crippen molar-refractivity contribution in [2.75, 3.05) is 13.1 Å². The Labute approximate surface area is 98.1 Å². The summed E-state index contributed by atoms with van der Waals surface area (Å²) in [5.41, 5.74) is -0.414. The molecule has 1 aliphatic carbocycles. The van der Waals surface area contributed by atoms with Crippen molar-refractivity contribution in [1.29, 1.82) is 5.26 Å². The Hall–Kier alpha value is -0.590. The van der Waals surface area contributed by atoms with Gasteiger partial charge in [-0.2, -0.15) is 5.26 Å². The molecule has 3 heteroatoms. The molecule has 2 aliphatic rings. The minimum absolute atomic E-state index is 0.0477. The molecule has 3 unspecified atom stereocenters. The zero-order chi connectivity index (χ0) is 11.6. The minimum atomic E-state index is -0.414. The van der Waals surface area contributed by atoms with Crippen LogP contribution in [-0.2, 0) is 0 Å². The van der Waals surface area contributed by atoms with Crippen LogP contribution in [0.25, 0.3) is 0 Å². The molecular weight excluding hydrogens is 200 g/mol. The maximum atomic E-state index is 10.5. The van der Waals surface area contributed by atoms with Gasteiger partial charge in [-0.05, 0) is 25.7 Å². The highest BCUT2D eigenvalue weighted by Crippen LogP contribution is 2.40. The van der Waals surface area contributed by atoms with Crippen molar-refractivity contribution in [1.82, 2.24) is 4.90 Å². The molecule has 90 valence electrons. The van der Waals surface area contributed by atoms with E-state index in [4.69, 9.17) is 5.26 Å². The predicted octanol–water partition coefficient (Wildman–Crippen LogP) is 1.92. The molecule has 1 aliphatic heterocycles. The fourth-order valence-electron chi connectivity index (χ4n) is 3.31. The minimum Gasteiger partial charge on any atom is -0.390 e. The van der Waals surface area contributed by atoms with Crippen molar-refractivity contribution in [2.45, 2.75) is 57.1 Å². The topological polar surface area (TPSA) is 47.3 Å². The fraction of sp³-hybridized carbons (Fsp3) is 0.923. The predicted molar refractivity (Wildman–Crippen MR) is 62.8 cm³/mol. The first-order valence-corrected chi connectivity index (χ1v) is 6.55. The molecular formula is C13H22N2O. The summed E-state index contributed by atoms with van der Waals surface area (Å²) in [7, 11) is 0. The first kappa shape index (κ1) is 11.9. The van der Waals surface area contributed by atoms with Crippen LogP contribution in [0, 0.1) is 17.2 Å². The SMILES string of the molecule is CCC(C#N)N1CCC2(O)CCCCC2C1. The number of rotatable bonds is 2. The van der Waals surface area contributed by atoms with E-state index in [9.17, 15) is 5.11 Å². The molecule has 0 aromatic heterocycles. The number of piperidine rings is 1. The first-order chi connectivity index (χ1) is 7.69. The Kier molecular flexibility index (Phi) is 3.51. The van der Waals surface area contributed by atoms with Gasteiger partial charge in [0, 0.05) is 19.0 Å². The normalized spacial score (nSPS) is 37.4. The van der Waals surface area contributed by atoms with Crippen LogP contribution in [0.15, 0.2) is 0 Å². The van der Waals surface area contributed by atoms with Crippen molar-refractivity contribution in [2.24, 2.45) is 5.92 Å². The molecule has 0 amide bonds. The second-order valence-corrected chi connectivity index (χ2v) is 5.34. The third-order valence-corrected chi connectivity index (χ3v) is 4.44. The van der Waals surface area contributed by atoms with Crippen molar-refractivity contribution in [3.8, 4) is 6.07 Å². The zero-order valence-electron chi connectivity index (χ0n) is 10.2. The van der Waals surface area contributed by atoms with Gasteiger partial charge in [-0.1, -0.05) is 19.8 Å². The van der Waals surface area contributed by atoms with Gasteiger partial charge in [0.15, 0.2) is 0 Å². The van der Waals surface area contributed by atoms with Crippen molar-refractivity contribution in [3.05, 3.63) is 0 Å². The highest BCUT2D eigenvalue weighted by molar-refractivity contribution is 5.00. The van der Waals surface area contributed by atoms with Gasteiger partial charge in [0.1, 0.15) is 0 Å². The van der Waals surface area contributed by atoms with Gasteiger partial charge in [0.05, 0.1) is 17.7 Å². The lowest BCUT2D eigenvalue weighted by molar-refractivity contribution is -0.0991. The summed E-state index contributed by atoms with van der Waals surface area (Å²) in [5, 5.41) is 19.6. The standard InChI is InChI=1S/C13H22N2O/c1-2-12(9-14)15-8-7-13(16)6-4-3-5-11(13)10-15/h11-12,16H,2-8,10H2,1H3. The molecule has 1 heterocycles. The van der Waals surface area contributed by atoms with E-state index >= 15 is 0 Å². The monoisotopic (exact) mass is 222 g/mol. The number of nitriles is 1. The number of hydrogen-bond acceptors (Lipinski definition) is 3. The Balaban J connectivity index is 2.02. The highest BCUT2D eigenvalue weighted by atomic mass is 16.3. The van der Waals surface area contributed by atoms with E-state index in [-0.39, 0.29) is 6.04 Å². The molecule has 0 radical (unpaired) electrons. The number of nitrogens with zero attached hydrogens (tertiary/aromatic N) is 2. The highest BCUT2D eigenvalue weighted by Gasteiger charge is 2.43. The third kappa shape index (κ3) is 2.09. The lowest BCUT2D eigenvalue weighted by Crippen LogP contribution is -2.55. The Morgan fingerprint density at radius 3 is 3.00 bits per heavy atom. The summed E-state index contributed by atoms with van der Waals surface area (Å²) >= 11 is 0. The van der Waals surface area contributed by atoms with Gasteiger partial charge in [0.25, 0.3) is 0 Å². The van der Waals surface area contributed by atoms with Gasteiger partial charge in [-0.15, -0.1) is 0 Å². The molecule has 1 saturated carbocycles. The van der Waals surface area contributed by atoms with Gasteiger partial charge in [-0.25, -0.2) is 0 Å². The number of aliphatic hydroxyl groups is 1. The maximum absolute atomic E-state index is 10.5. The van der Waals surface area contributed by atoms with E-state index in [1.54, 1.807) is 0 Å². The molecule has 0 bridgehead atoms. The van der Waals surface area contributed by atoms with Crippen LogP contribution in [-0.4, -0.2) is 34.7 Å². The maximum Gasteiger partial charge on any atom is 0.0975 e. The van der Waals surface area contributed by atoms with E-state index in [0.717, 1.165) is 38.8 Å². The van der Waals surface area contributed by atoms with E-state index in [1.165, 1.54) is 12.8 Å². The smallest absolute Gasteiger partial charge is 0.0975 e. The zero-order valence-corrected chi connectivity index (χ0v) is 10.2. The molecule has 2 rings (SSSR count). The number of hydrogen-bond donors (Lipinski definition) is 1. The van der Waals surface area contributed by atoms with Crippen LogP contribution in [0.3, 0.4) is 0 Å². The molecule has 0 aromatic rings. The van der Waals surface area contributed by atoms with Crippen LogP contribution in [0.2, 0.25) is 0 Å². The van der Waals surface area contributed by atoms with Gasteiger partial charge in [-0.3, -0.25) is 4.90 Å². The van der Waals surface area contributed by atoms with Crippen molar-refractivity contribution < 1.29 is 5.11 Å². The van der Waals surface area contributed by atoms with Crippen LogP contribution in [0.5, 0.6) is 0 Å². The molecule has 3 nitrogen and oxygen atoms in total. The van der Waals surface area contributed by atoms with Gasteiger partial charge in [0.2, 0.25) is 0 Å². The second-order valence-electron chi connectivity index (χ2n) is 5.34. The average Bonchev–Trinajstić information content (AvgIpc) is 2.30. The quantitative estimate of drug-likeness (QED) is 0.776. The molecule has 0 spiro atoms. The molecule has 3 atom stereocenters. The lowest BCUT2D eigenvalue weighted by Gasteiger charge is -2.48. The van der Waals surface area contributed by atoms with E-state index < -0.39 is 5.60 Å². The Bertz CT molecular complexity index is 286. The van der Waals surface area contributed by atoms with E-state index in [0.29, 0.717) is 5.92 Å². The van der Waals surface area contributed by atoms with Gasteiger partial charge < -0.3 is 5.11 Å². The number of fused-ring (bicyclic) bond motifs is 1. The summed E-state index contributed by atoms with van der Waals surface area (Å²) in [6.07, 6.45) is 6.26. The molecule has 0 aromatic carbocycles. The van der Waals surface area contributed by atoms with Gasteiger partial charge >= 0.3 is 0 Å². The van der Waals surface area contributed by atoms with E-state index in [1.807, 2.05) is 0 Å². The van der Waals surface area contributed by atoms with Crippen LogP contribution in [0.4, 0.5) is 0 Å². The fourth-order valence-corrected chi connectivity index (χ4v) is 3.31. The summed E-state index contributed by atoms with van der Waals surface area (Å²) in [6, 6.07) is 2.42. The summed E-state index contributed by atoms with van der Waals surface area (Å²) in [5.74, 6) is 0.400. The third-order valence-electron chi connectivity index (χ3n) is 4.44. The van der Waals surface area contributed by atoms with Crippen molar-refractivity contribution >= 4 is 0 Å². The Morgan fingerprint density at radius 2 is 2.31 bits per heavy atom. The van der Waals surface area contributed by atoms with Crippen LogP contribution >= 0.6 is 0 Å². The van der Waals surface area contributed by atoms with Crippen LogP contribution < -0.4 is 0 Å². The first-order valence-electron chi connectivity index (χ1n) is 6.55. The second kappa shape index (κ2) is 4.73. The van der Waals surface area contributed by atoms with Crippen LogP contribution in [0.1, 0.15) is 45.4 Å². The van der Waals surface area contributed by atoms with Crippen molar-refractivity contribution in [3.63, 3.8) is 0 Å². The molecule has 2 fully saturated rings. The summed E-state index contributed by atoms with van der Waals surface area (Å²) < 4.78 is 0.